The van der Waals surface area contributed by atoms with Gasteiger partial charge in [0.05, 0.1) is 23.4 Å². The fourth-order valence-electron chi connectivity index (χ4n) is 2.70. The second kappa shape index (κ2) is 7.01. The monoisotopic (exact) mass is 317 g/mol. The Morgan fingerprint density at radius 3 is 2.62 bits per heavy atom. The summed E-state index contributed by atoms with van der Waals surface area (Å²) in [7, 11) is 0. The molecule has 1 heterocycles. The summed E-state index contributed by atoms with van der Waals surface area (Å²) < 4.78 is 5.48. The van der Waals surface area contributed by atoms with E-state index < -0.39 is 0 Å². The average molecular weight is 317 g/mol. The molecule has 3 aromatic rings. The van der Waals surface area contributed by atoms with Crippen LogP contribution in [0.1, 0.15) is 31.0 Å². The number of para-hydroxylation sites is 1. The number of fused-ring (bicyclic) bond motifs is 1. The minimum Gasteiger partial charge on any atom is -0.494 e. The van der Waals surface area contributed by atoms with Crippen molar-refractivity contribution in [2.75, 3.05) is 11.9 Å². The van der Waals surface area contributed by atoms with Crippen LogP contribution in [-0.2, 0) is 0 Å². The van der Waals surface area contributed by atoms with Crippen molar-refractivity contribution < 1.29 is 4.74 Å². The summed E-state index contributed by atoms with van der Waals surface area (Å²) in [4.78, 5) is 4.35. The van der Waals surface area contributed by atoms with Crippen LogP contribution < -0.4 is 10.1 Å². The molecule has 0 aliphatic heterocycles. The predicted octanol–water partition coefficient (Wildman–Crippen LogP) is 4.68. The SMILES string of the molecule is CCOc1ccc(C(C)Nc2c(C#N)cnc3ccccc23)cc1. The van der Waals surface area contributed by atoms with Crippen molar-refractivity contribution in [2.24, 2.45) is 0 Å². The molecule has 3 rings (SSSR count). The largest absolute Gasteiger partial charge is 0.494 e. The summed E-state index contributed by atoms with van der Waals surface area (Å²) in [6, 6.07) is 18.1. The molecule has 1 atom stereocenters. The molecule has 0 bridgehead atoms. The van der Waals surface area contributed by atoms with Crippen LogP contribution >= 0.6 is 0 Å². The minimum atomic E-state index is 0.0542. The lowest BCUT2D eigenvalue weighted by atomic mass is 10.1. The highest BCUT2D eigenvalue weighted by Gasteiger charge is 2.12. The third-order valence-corrected chi connectivity index (χ3v) is 3.95. The Hall–Kier alpha value is -3.06. The first-order valence-electron chi connectivity index (χ1n) is 8.00. The number of pyridine rings is 1. The first-order chi connectivity index (χ1) is 11.7. The van der Waals surface area contributed by atoms with Gasteiger partial charge < -0.3 is 10.1 Å². The van der Waals surface area contributed by atoms with E-state index in [0.717, 1.165) is 27.9 Å². The summed E-state index contributed by atoms with van der Waals surface area (Å²) in [5.41, 5.74) is 3.37. The smallest absolute Gasteiger partial charge is 0.119 e. The quantitative estimate of drug-likeness (QED) is 0.742. The molecule has 0 fully saturated rings. The maximum absolute atomic E-state index is 9.41. The standard InChI is InChI=1S/C20H19N3O/c1-3-24-17-10-8-15(9-11-17)14(2)23-20-16(12-21)13-22-19-7-5-4-6-18(19)20/h4-11,13-14H,3H2,1-2H3,(H,22,23). The summed E-state index contributed by atoms with van der Waals surface area (Å²) >= 11 is 0. The summed E-state index contributed by atoms with van der Waals surface area (Å²) in [6.07, 6.45) is 1.62. The topological polar surface area (TPSA) is 57.9 Å². The maximum Gasteiger partial charge on any atom is 0.119 e. The second-order valence-corrected chi connectivity index (χ2v) is 5.54. The molecule has 24 heavy (non-hydrogen) atoms. The van der Waals surface area contributed by atoms with E-state index in [2.05, 4.69) is 23.3 Å². The number of nitrogens with one attached hydrogen (secondary N) is 1. The summed E-state index contributed by atoms with van der Waals surface area (Å²) in [5.74, 6) is 0.862. The van der Waals surface area contributed by atoms with E-state index in [9.17, 15) is 5.26 Å². The normalized spacial score (nSPS) is 11.7. The van der Waals surface area contributed by atoms with E-state index in [0.29, 0.717) is 12.2 Å². The Morgan fingerprint density at radius 2 is 1.92 bits per heavy atom. The Balaban J connectivity index is 1.92. The van der Waals surface area contributed by atoms with E-state index in [-0.39, 0.29) is 6.04 Å². The van der Waals surface area contributed by atoms with Gasteiger partial charge in [0.15, 0.2) is 0 Å². The van der Waals surface area contributed by atoms with Gasteiger partial charge in [-0.15, -0.1) is 0 Å². The number of benzene rings is 2. The molecule has 1 aromatic heterocycles. The highest BCUT2D eigenvalue weighted by molar-refractivity contribution is 5.94. The molecule has 0 radical (unpaired) electrons. The highest BCUT2D eigenvalue weighted by Crippen LogP contribution is 2.29. The zero-order chi connectivity index (χ0) is 16.9. The Labute approximate surface area is 141 Å². The lowest BCUT2D eigenvalue weighted by molar-refractivity contribution is 0.340. The number of nitriles is 1. The third kappa shape index (κ3) is 3.16. The number of ether oxygens (including phenoxy) is 1. The van der Waals surface area contributed by atoms with Gasteiger partial charge in [0.2, 0.25) is 0 Å². The number of anilines is 1. The highest BCUT2D eigenvalue weighted by atomic mass is 16.5. The van der Waals surface area contributed by atoms with E-state index in [4.69, 9.17) is 4.74 Å². The fraction of sp³-hybridized carbons (Fsp3) is 0.200. The molecule has 0 saturated carbocycles. The van der Waals surface area contributed by atoms with Gasteiger partial charge in [0, 0.05) is 17.6 Å². The van der Waals surface area contributed by atoms with Crippen molar-refractivity contribution in [1.29, 1.82) is 5.26 Å². The van der Waals surface area contributed by atoms with Crippen LogP contribution in [0.4, 0.5) is 5.69 Å². The molecule has 0 aliphatic rings. The van der Waals surface area contributed by atoms with Crippen LogP contribution in [0.5, 0.6) is 5.75 Å². The van der Waals surface area contributed by atoms with Crippen molar-refractivity contribution >= 4 is 16.6 Å². The van der Waals surface area contributed by atoms with Crippen molar-refractivity contribution in [3.8, 4) is 11.8 Å². The number of hydrogen-bond donors (Lipinski definition) is 1. The van der Waals surface area contributed by atoms with Crippen LogP contribution in [-0.4, -0.2) is 11.6 Å². The lowest BCUT2D eigenvalue weighted by Gasteiger charge is -2.18. The predicted molar refractivity (Wildman–Crippen MR) is 96.1 cm³/mol. The zero-order valence-electron chi connectivity index (χ0n) is 13.8. The molecule has 0 spiro atoms. The number of hydrogen-bond acceptors (Lipinski definition) is 4. The lowest BCUT2D eigenvalue weighted by Crippen LogP contribution is -2.08. The third-order valence-electron chi connectivity index (χ3n) is 3.95. The van der Waals surface area contributed by atoms with Crippen LogP contribution in [0.15, 0.2) is 54.7 Å². The van der Waals surface area contributed by atoms with Crippen LogP contribution in [0.3, 0.4) is 0 Å². The van der Waals surface area contributed by atoms with E-state index in [1.54, 1.807) is 6.20 Å². The summed E-state index contributed by atoms with van der Waals surface area (Å²) in [5, 5.41) is 13.8. The van der Waals surface area contributed by atoms with Gasteiger partial charge in [0.25, 0.3) is 0 Å². The Bertz CT molecular complexity index is 882. The molecular formula is C20H19N3O. The molecule has 0 saturated heterocycles. The van der Waals surface area contributed by atoms with Gasteiger partial charge in [-0.05, 0) is 37.6 Å². The average Bonchev–Trinajstić information content (AvgIpc) is 2.63. The molecule has 4 heteroatoms. The molecule has 120 valence electrons. The second-order valence-electron chi connectivity index (χ2n) is 5.54. The van der Waals surface area contributed by atoms with E-state index >= 15 is 0 Å². The van der Waals surface area contributed by atoms with Gasteiger partial charge in [0.1, 0.15) is 11.8 Å². The van der Waals surface area contributed by atoms with Gasteiger partial charge in [-0.25, -0.2) is 0 Å². The van der Waals surface area contributed by atoms with Gasteiger partial charge in [-0.2, -0.15) is 5.26 Å². The molecule has 2 aromatic carbocycles. The van der Waals surface area contributed by atoms with Gasteiger partial charge in [-0.3, -0.25) is 4.98 Å². The first-order valence-corrected chi connectivity index (χ1v) is 8.00. The summed E-state index contributed by atoms with van der Waals surface area (Å²) in [6.45, 7) is 4.70. The molecule has 0 amide bonds. The van der Waals surface area contributed by atoms with Gasteiger partial charge >= 0.3 is 0 Å². The van der Waals surface area contributed by atoms with Crippen LogP contribution in [0.25, 0.3) is 10.9 Å². The number of aromatic nitrogens is 1. The van der Waals surface area contributed by atoms with Crippen molar-refractivity contribution in [2.45, 2.75) is 19.9 Å². The maximum atomic E-state index is 9.41. The van der Waals surface area contributed by atoms with Crippen LogP contribution in [0.2, 0.25) is 0 Å². The van der Waals surface area contributed by atoms with Crippen molar-refractivity contribution in [3.63, 3.8) is 0 Å². The Kier molecular flexibility index (Phi) is 4.62. The van der Waals surface area contributed by atoms with E-state index in [1.807, 2.05) is 55.5 Å². The minimum absolute atomic E-state index is 0.0542. The number of nitrogens with zero attached hydrogens (tertiary/aromatic N) is 2. The molecule has 1 N–H and O–H groups in total. The molecular weight excluding hydrogens is 298 g/mol. The van der Waals surface area contributed by atoms with Gasteiger partial charge in [-0.1, -0.05) is 30.3 Å². The number of rotatable bonds is 5. The van der Waals surface area contributed by atoms with Crippen LogP contribution in [0, 0.1) is 11.3 Å². The van der Waals surface area contributed by atoms with Crippen molar-refractivity contribution in [1.82, 2.24) is 4.98 Å². The fourth-order valence-corrected chi connectivity index (χ4v) is 2.70. The Morgan fingerprint density at radius 1 is 1.17 bits per heavy atom. The molecule has 4 nitrogen and oxygen atoms in total. The zero-order valence-corrected chi connectivity index (χ0v) is 13.8. The molecule has 1 unspecified atom stereocenters. The molecule has 0 aliphatic carbocycles. The first kappa shape index (κ1) is 15.8. The van der Waals surface area contributed by atoms with E-state index in [1.165, 1.54) is 0 Å². The van der Waals surface area contributed by atoms with Crippen molar-refractivity contribution in [3.05, 3.63) is 65.9 Å².